The average molecular weight is 692 g/mol. The van der Waals surface area contributed by atoms with E-state index in [-0.39, 0.29) is 48.0 Å². The Hall–Kier alpha value is -4.62. The zero-order valence-corrected chi connectivity index (χ0v) is 28.9. The van der Waals surface area contributed by atoms with Crippen molar-refractivity contribution in [2.24, 2.45) is 5.92 Å². The molecule has 2 aliphatic carbocycles. The lowest BCUT2D eigenvalue weighted by Gasteiger charge is -2.36. The van der Waals surface area contributed by atoms with Gasteiger partial charge in [0.2, 0.25) is 17.7 Å². The van der Waals surface area contributed by atoms with Crippen LogP contribution in [-0.2, 0) is 19.1 Å². The molecule has 5 amide bonds. The maximum absolute atomic E-state index is 13.7. The molecule has 2 saturated carbocycles. The molecule has 50 heavy (non-hydrogen) atoms. The number of hydrogen-bond donors (Lipinski definition) is 2. The Bertz CT molecular complexity index is 1520. The molecule has 1 aromatic heterocycles. The van der Waals surface area contributed by atoms with Crippen LogP contribution in [0.15, 0.2) is 36.4 Å². The first-order valence-corrected chi connectivity index (χ1v) is 18.2. The van der Waals surface area contributed by atoms with Crippen LogP contribution < -0.4 is 15.4 Å². The fourth-order valence-electron chi connectivity index (χ4n) is 6.60. The summed E-state index contributed by atoms with van der Waals surface area (Å²) in [6, 6.07) is 9.54. The number of nitrogens with one attached hydrogen (secondary N) is 2. The van der Waals surface area contributed by atoms with Crippen molar-refractivity contribution in [3.63, 3.8) is 0 Å². The van der Waals surface area contributed by atoms with E-state index in [9.17, 15) is 24.0 Å². The molecule has 4 fully saturated rings. The summed E-state index contributed by atoms with van der Waals surface area (Å²) in [4.78, 5) is 70.9. The van der Waals surface area contributed by atoms with Crippen molar-refractivity contribution in [2.45, 2.75) is 89.3 Å². The predicted octanol–water partition coefficient (Wildman–Crippen LogP) is 2.89. The van der Waals surface area contributed by atoms with Crippen molar-refractivity contribution < 1.29 is 33.4 Å². The van der Waals surface area contributed by atoms with E-state index in [1.54, 1.807) is 14.7 Å². The third kappa shape index (κ3) is 8.75. The van der Waals surface area contributed by atoms with Gasteiger partial charge in [0.25, 0.3) is 11.8 Å². The molecule has 6 rings (SSSR count). The van der Waals surface area contributed by atoms with Crippen molar-refractivity contribution in [3.8, 4) is 11.6 Å². The standard InChI is InChI=1S/C36H49N7O7/c1-2-3-21-49-36(48)41-19-17-40(18-20-41)35(47)29(22-25-14-15-25)38-33(45)28-23-32(43(39-28)27-11-5-4-6-12-27)50-24-31(44)42-16-8-13-30(42)34(46)37-26-9-7-10-26/h4-6,11-12,23,25-26,29-30H,2-3,7-10,13-22,24H2,1H3,(H,37,46)(H,38,45)/t29-,30-/m0/s1. The van der Waals surface area contributed by atoms with E-state index in [1.807, 2.05) is 37.3 Å². The van der Waals surface area contributed by atoms with Gasteiger partial charge in [0.15, 0.2) is 12.3 Å². The minimum Gasteiger partial charge on any atom is -0.467 e. The summed E-state index contributed by atoms with van der Waals surface area (Å²) in [6.07, 6.45) is 8.31. The molecule has 2 N–H and O–H groups in total. The van der Waals surface area contributed by atoms with Crippen LogP contribution in [0.4, 0.5) is 4.79 Å². The zero-order chi connectivity index (χ0) is 35.0. The molecule has 2 atom stereocenters. The molecule has 0 unspecified atom stereocenters. The number of carbonyl (C=O) groups is 5. The monoisotopic (exact) mass is 691 g/mol. The summed E-state index contributed by atoms with van der Waals surface area (Å²) in [5.74, 6) is -0.591. The maximum Gasteiger partial charge on any atom is 0.409 e. The van der Waals surface area contributed by atoms with Crippen LogP contribution in [-0.4, -0.2) is 118 Å². The van der Waals surface area contributed by atoms with Gasteiger partial charge in [-0.05, 0) is 63.0 Å². The number of aromatic nitrogens is 2. The van der Waals surface area contributed by atoms with Crippen LogP contribution in [0.5, 0.6) is 5.88 Å². The lowest BCUT2D eigenvalue weighted by atomic mass is 9.93. The van der Waals surface area contributed by atoms with Crippen LogP contribution in [0.3, 0.4) is 0 Å². The van der Waals surface area contributed by atoms with E-state index in [4.69, 9.17) is 9.47 Å². The Morgan fingerprint density at radius 3 is 2.34 bits per heavy atom. The van der Waals surface area contributed by atoms with Crippen LogP contribution in [0.1, 0.15) is 81.6 Å². The van der Waals surface area contributed by atoms with E-state index in [2.05, 4.69) is 15.7 Å². The molecule has 0 spiro atoms. The first-order valence-electron chi connectivity index (χ1n) is 18.2. The molecule has 14 nitrogen and oxygen atoms in total. The Balaban J connectivity index is 1.10. The maximum atomic E-state index is 13.7. The number of benzene rings is 1. The highest BCUT2D eigenvalue weighted by molar-refractivity contribution is 5.96. The van der Waals surface area contributed by atoms with Crippen LogP contribution >= 0.6 is 0 Å². The quantitative estimate of drug-likeness (QED) is 0.287. The van der Waals surface area contributed by atoms with Gasteiger partial charge < -0.3 is 34.8 Å². The van der Waals surface area contributed by atoms with Crippen LogP contribution in [0.2, 0.25) is 0 Å². The molecule has 2 aromatic rings. The van der Waals surface area contributed by atoms with E-state index in [0.29, 0.717) is 63.8 Å². The molecule has 4 aliphatic rings. The Kier molecular flexibility index (Phi) is 11.5. The summed E-state index contributed by atoms with van der Waals surface area (Å²) in [7, 11) is 0. The summed E-state index contributed by atoms with van der Waals surface area (Å²) in [5.41, 5.74) is 0.674. The van der Waals surface area contributed by atoms with Crippen molar-refractivity contribution in [1.82, 2.24) is 35.1 Å². The highest BCUT2D eigenvalue weighted by atomic mass is 16.6. The van der Waals surface area contributed by atoms with Crippen molar-refractivity contribution in [2.75, 3.05) is 45.9 Å². The lowest BCUT2D eigenvalue weighted by Crippen LogP contribution is -2.56. The Morgan fingerprint density at radius 1 is 0.920 bits per heavy atom. The van der Waals surface area contributed by atoms with Crippen LogP contribution in [0, 0.1) is 5.92 Å². The number of hydrogen-bond acceptors (Lipinski definition) is 8. The SMILES string of the molecule is CCCCOC(=O)N1CCN(C(=O)[C@H](CC2CC2)NC(=O)c2cc(OCC(=O)N3CCC[C@H]3C(=O)NC3CCC3)n(-c3ccccc3)n2)CC1. The van der Waals surface area contributed by atoms with Gasteiger partial charge in [0, 0.05) is 44.8 Å². The normalized spacial score (nSPS) is 19.8. The third-order valence-electron chi connectivity index (χ3n) is 10.0. The summed E-state index contributed by atoms with van der Waals surface area (Å²) in [6.45, 7) is 4.00. The predicted molar refractivity (Wildman–Crippen MR) is 183 cm³/mol. The van der Waals surface area contributed by atoms with Gasteiger partial charge in [0.05, 0.1) is 12.3 Å². The van der Waals surface area contributed by atoms with Gasteiger partial charge >= 0.3 is 6.09 Å². The number of amides is 5. The van der Waals surface area contributed by atoms with E-state index in [0.717, 1.165) is 51.4 Å². The molecule has 0 radical (unpaired) electrons. The number of rotatable bonds is 14. The van der Waals surface area contributed by atoms with E-state index >= 15 is 0 Å². The lowest BCUT2D eigenvalue weighted by molar-refractivity contribution is -0.140. The van der Waals surface area contributed by atoms with Gasteiger partial charge in [-0.2, -0.15) is 5.10 Å². The van der Waals surface area contributed by atoms with Gasteiger partial charge in [-0.1, -0.05) is 44.4 Å². The first kappa shape index (κ1) is 35.2. The number of unbranched alkanes of at least 4 members (excludes halogenated alkanes) is 1. The first-order chi connectivity index (χ1) is 24.3. The summed E-state index contributed by atoms with van der Waals surface area (Å²) in [5, 5.41) is 10.5. The van der Waals surface area contributed by atoms with Gasteiger partial charge in [-0.3, -0.25) is 19.2 Å². The average Bonchev–Trinajstić information content (AvgIpc) is 3.61. The van der Waals surface area contributed by atoms with Crippen molar-refractivity contribution in [3.05, 3.63) is 42.1 Å². The fraction of sp³-hybridized carbons (Fsp3) is 0.611. The molecule has 2 aliphatic heterocycles. The largest absolute Gasteiger partial charge is 0.467 e. The number of carbonyl (C=O) groups excluding carboxylic acids is 5. The Labute approximate surface area is 292 Å². The highest BCUT2D eigenvalue weighted by Crippen LogP contribution is 2.34. The summed E-state index contributed by atoms with van der Waals surface area (Å²) < 4.78 is 12.8. The second-order valence-corrected chi connectivity index (χ2v) is 13.8. The second-order valence-electron chi connectivity index (χ2n) is 13.8. The Morgan fingerprint density at radius 2 is 1.66 bits per heavy atom. The highest BCUT2D eigenvalue weighted by Gasteiger charge is 2.37. The molecule has 3 heterocycles. The number of piperazine rings is 1. The molecule has 0 bridgehead atoms. The van der Waals surface area contributed by atoms with Crippen LogP contribution in [0.25, 0.3) is 5.69 Å². The molecule has 14 heteroatoms. The number of ether oxygens (including phenoxy) is 2. The second kappa shape index (κ2) is 16.4. The topological polar surface area (TPSA) is 155 Å². The molecule has 270 valence electrons. The van der Waals surface area contributed by atoms with Crippen molar-refractivity contribution in [1.29, 1.82) is 0 Å². The number of para-hydroxylation sites is 1. The zero-order valence-electron chi connectivity index (χ0n) is 28.9. The van der Waals surface area contributed by atoms with Gasteiger partial charge in [-0.25, -0.2) is 9.48 Å². The minimum absolute atomic E-state index is 0.0449. The van der Waals surface area contributed by atoms with Gasteiger partial charge in [0.1, 0.15) is 12.1 Å². The molecule has 1 aromatic carbocycles. The van der Waals surface area contributed by atoms with E-state index < -0.39 is 18.0 Å². The summed E-state index contributed by atoms with van der Waals surface area (Å²) >= 11 is 0. The number of likely N-dealkylation sites (tertiary alicyclic amines) is 1. The van der Waals surface area contributed by atoms with Crippen molar-refractivity contribution >= 4 is 29.7 Å². The fourth-order valence-corrected chi connectivity index (χ4v) is 6.60. The number of nitrogens with zero attached hydrogens (tertiary/aromatic N) is 5. The molecular formula is C36H49N7O7. The van der Waals surface area contributed by atoms with E-state index in [1.165, 1.54) is 10.7 Å². The molecular weight excluding hydrogens is 642 g/mol. The minimum atomic E-state index is -0.746. The molecule has 2 saturated heterocycles. The smallest absolute Gasteiger partial charge is 0.409 e. The van der Waals surface area contributed by atoms with Gasteiger partial charge in [-0.15, -0.1) is 0 Å². The third-order valence-corrected chi connectivity index (χ3v) is 10.0.